The van der Waals surface area contributed by atoms with E-state index < -0.39 is 0 Å². The second-order valence-electron chi connectivity index (χ2n) is 5.25. The fraction of sp³-hybridized carbons (Fsp3) is 0.353. The molecule has 1 aromatic carbocycles. The van der Waals surface area contributed by atoms with Crippen LogP contribution in [0.5, 0.6) is 0 Å². The highest BCUT2D eigenvalue weighted by atomic mass is 32.1. The molecule has 0 saturated heterocycles. The predicted molar refractivity (Wildman–Crippen MR) is 94.4 cm³/mol. The van der Waals surface area contributed by atoms with Gasteiger partial charge in [0.2, 0.25) is 0 Å². The number of amides is 2. The summed E-state index contributed by atoms with van der Waals surface area (Å²) in [7, 11) is 1.35. The summed E-state index contributed by atoms with van der Waals surface area (Å²) in [6.45, 7) is 2.39. The van der Waals surface area contributed by atoms with Crippen LogP contribution in [0.15, 0.2) is 30.3 Å². The highest BCUT2D eigenvalue weighted by molar-refractivity contribution is 7.16. The third kappa shape index (κ3) is 5.66. The van der Waals surface area contributed by atoms with E-state index in [1.807, 2.05) is 18.2 Å². The molecule has 0 unspecified atom stereocenters. The fourth-order valence-corrected chi connectivity index (χ4v) is 3.07. The summed E-state index contributed by atoms with van der Waals surface area (Å²) in [5.74, 6) is -0.321. The minimum absolute atomic E-state index is 0.167. The van der Waals surface area contributed by atoms with Crippen LogP contribution in [0.3, 0.4) is 0 Å². The maximum atomic E-state index is 11.9. The molecule has 0 aliphatic heterocycles. The highest BCUT2D eigenvalue weighted by Gasteiger charge is 2.13. The van der Waals surface area contributed by atoms with Crippen molar-refractivity contribution in [2.75, 3.05) is 19.0 Å². The molecule has 0 spiro atoms. The first-order chi connectivity index (χ1) is 11.6. The van der Waals surface area contributed by atoms with Crippen LogP contribution in [0, 0.1) is 6.92 Å². The molecule has 24 heavy (non-hydrogen) atoms. The molecule has 7 heteroatoms. The van der Waals surface area contributed by atoms with E-state index in [1.165, 1.54) is 24.0 Å². The first kappa shape index (κ1) is 17.9. The molecular weight excluding hydrogens is 326 g/mol. The number of nitrogens with one attached hydrogen (secondary N) is 2. The summed E-state index contributed by atoms with van der Waals surface area (Å²) in [6, 6.07) is 9.85. The molecule has 0 bridgehead atoms. The molecule has 6 nitrogen and oxygen atoms in total. The Balaban J connectivity index is 1.74. The number of carbonyl (C=O) groups excluding carboxylic acids is 2. The molecule has 0 fully saturated rings. The number of esters is 1. The van der Waals surface area contributed by atoms with Crippen molar-refractivity contribution in [1.82, 2.24) is 10.3 Å². The van der Waals surface area contributed by atoms with E-state index in [0.29, 0.717) is 11.7 Å². The van der Waals surface area contributed by atoms with Gasteiger partial charge in [0, 0.05) is 11.4 Å². The van der Waals surface area contributed by atoms with Gasteiger partial charge in [-0.25, -0.2) is 9.78 Å². The van der Waals surface area contributed by atoms with Gasteiger partial charge in [-0.3, -0.25) is 10.1 Å². The minimum atomic E-state index is -0.321. The first-order valence-electron chi connectivity index (χ1n) is 7.70. The van der Waals surface area contributed by atoms with Crippen molar-refractivity contribution in [2.24, 2.45) is 0 Å². The number of urea groups is 1. The fourth-order valence-electron chi connectivity index (χ4n) is 2.13. The number of methoxy groups -OCH3 is 1. The van der Waals surface area contributed by atoms with Crippen molar-refractivity contribution < 1.29 is 14.3 Å². The van der Waals surface area contributed by atoms with Crippen molar-refractivity contribution >= 4 is 28.5 Å². The van der Waals surface area contributed by atoms with E-state index in [-0.39, 0.29) is 18.4 Å². The molecule has 0 aliphatic carbocycles. The Labute approximate surface area is 145 Å². The number of aromatic nitrogens is 1. The van der Waals surface area contributed by atoms with Crippen molar-refractivity contribution in [3.05, 3.63) is 46.5 Å². The van der Waals surface area contributed by atoms with E-state index in [2.05, 4.69) is 32.5 Å². The van der Waals surface area contributed by atoms with Gasteiger partial charge < -0.3 is 10.1 Å². The number of benzene rings is 1. The smallest absolute Gasteiger partial charge is 0.321 e. The van der Waals surface area contributed by atoms with Crippen molar-refractivity contribution in [2.45, 2.75) is 26.2 Å². The van der Waals surface area contributed by atoms with Gasteiger partial charge in [0.05, 0.1) is 19.2 Å². The molecule has 2 N–H and O–H groups in total. The molecule has 2 amide bonds. The number of hydrogen-bond donors (Lipinski definition) is 2. The maximum absolute atomic E-state index is 11.9. The standard InChI is InChI=1S/C17H21N3O3S/c1-12-14(11-15(21)23-2)24-17(19-12)20-16(22)18-10-6-9-13-7-4-3-5-8-13/h3-5,7-8H,6,9-11H2,1-2H3,(H2,18,19,20,22). The highest BCUT2D eigenvalue weighted by Crippen LogP contribution is 2.23. The van der Waals surface area contributed by atoms with Crippen molar-refractivity contribution in [1.29, 1.82) is 0 Å². The monoisotopic (exact) mass is 347 g/mol. The topological polar surface area (TPSA) is 80.3 Å². The van der Waals surface area contributed by atoms with Crippen molar-refractivity contribution in [3.63, 3.8) is 0 Å². The summed E-state index contributed by atoms with van der Waals surface area (Å²) in [4.78, 5) is 28.2. The summed E-state index contributed by atoms with van der Waals surface area (Å²) in [6.07, 6.45) is 1.95. The summed E-state index contributed by atoms with van der Waals surface area (Å²) in [5, 5.41) is 5.98. The lowest BCUT2D eigenvalue weighted by molar-refractivity contribution is -0.139. The number of carbonyl (C=O) groups is 2. The van der Waals surface area contributed by atoms with E-state index >= 15 is 0 Å². The molecule has 0 atom stereocenters. The van der Waals surface area contributed by atoms with Gasteiger partial charge in [0.25, 0.3) is 0 Å². The van der Waals surface area contributed by atoms with E-state index in [4.69, 9.17) is 0 Å². The second kappa shape index (κ2) is 9.02. The SMILES string of the molecule is COC(=O)Cc1sc(NC(=O)NCCCc2ccccc2)nc1C. The van der Waals surface area contributed by atoms with E-state index in [0.717, 1.165) is 23.4 Å². The second-order valence-corrected chi connectivity index (χ2v) is 6.33. The third-order valence-electron chi connectivity index (χ3n) is 3.42. The van der Waals surface area contributed by atoms with Crippen LogP contribution in [-0.4, -0.2) is 30.6 Å². The van der Waals surface area contributed by atoms with Gasteiger partial charge in [-0.2, -0.15) is 0 Å². The molecule has 0 aliphatic rings. The average Bonchev–Trinajstić information content (AvgIpc) is 2.91. The summed E-state index contributed by atoms with van der Waals surface area (Å²) < 4.78 is 4.64. The number of hydrogen-bond acceptors (Lipinski definition) is 5. The number of thiazole rings is 1. The lowest BCUT2D eigenvalue weighted by Crippen LogP contribution is -2.29. The van der Waals surface area contributed by atoms with Crippen LogP contribution < -0.4 is 10.6 Å². The Morgan fingerprint density at radius 3 is 2.71 bits per heavy atom. The minimum Gasteiger partial charge on any atom is -0.469 e. The molecule has 0 saturated carbocycles. The molecule has 2 aromatic rings. The molecule has 2 rings (SSSR count). The zero-order chi connectivity index (χ0) is 17.4. The lowest BCUT2D eigenvalue weighted by Gasteiger charge is -2.05. The number of anilines is 1. The maximum Gasteiger partial charge on any atom is 0.321 e. The zero-order valence-corrected chi connectivity index (χ0v) is 14.6. The zero-order valence-electron chi connectivity index (χ0n) is 13.8. The Hall–Kier alpha value is -2.41. The van der Waals surface area contributed by atoms with Gasteiger partial charge in [0.1, 0.15) is 0 Å². The normalized spacial score (nSPS) is 10.2. The molecule has 1 aromatic heterocycles. The number of aryl methyl sites for hydroxylation is 2. The largest absolute Gasteiger partial charge is 0.469 e. The number of rotatable bonds is 7. The Bertz CT molecular complexity index is 686. The van der Waals surface area contributed by atoms with Gasteiger partial charge in [-0.15, -0.1) is 11.3 Å². The van der Waals surface area contributed by atoms with Crippen LogP contribution in [0.1, 0.15) is 22.6 Å². The van der Waals surface area contributed by atoms with Gasteiger partial charge in [-0.05, 0) is 25.3 Å². The summed E-state index contributed by atoms with van der Waals surface area (Å²) in [5.41, 5.74) is 1.98. The molecular formula is C17H21N3O3S. The Kier molecular flexibility index (Phi) is 6.74. The van der Waals surface area contributed by atoms with Crippen LogP contribution in [0.25, 0.3) is 0 Å². The van der Waals surface area contributed by atoms with E-state index in [1.54, 1.807) is 6.92 Å². The van der Waals surface area contributed by atoms with Crippen molar-refractivity contribution in [3.8, 4) is 0 Å². The van der Waals surface area contributed by atoms with E-state index in [9.17, 15) is 9.59 Å². The quantitative estimate of drug-likeness (QED) is 0.596. The first-order valence-corrected chi connectivity index (χ1v) is 8.52. The van der Waals surface area contributed by atoms with Crippen LogP contribution in [0.4, 0.5) is 9.93 Å². The summed E-state index contributed by atoms with van der Waals surface area (Å²) >= 11 is 1.28. The lowest BCUT2D eigenvalue weighted by atomic mass is 10.1. The number of ether oxygens (including phenoxy) is 1. The predicted octanol–water partition coefficient (Wildman–Crippen LogP) is 2.92. The van der Waals surface area contributed by atoms with Crippen LogP contribution >= 0.6 is 11.3 Å². The van der Waals surface area contributed by atoms with Gasteiger partial charge in [0.15, 0.2) is 5.13 Å². The third-order valence-corrected chi connectivity index (χ3v) is 4.49. The Morgan fingerprint density at radius 1 is 1.25 bits per heavy atom. The van der Waals surface area contributed by atoms with Gasteiger partial charge >= 0.3 is 12.0 Å². The van der Waals surface area contributed by atoms with Gasteiger partial charge in [-0.1, -0.05) is 30.3 Å². The molecule has 128 valence electrons. The Morgan fingerprint density at radius 2 is 2.00 bits per heavy atom. The molecule has 1 heterocycles. The molecule has 0 radical (unpaired) electrons. The average molecular weight is 347 g/mol. The van der Waals surface area contributed by atoms with Crippen LogP contribution in [-0.2, 0) is 22.4 Å². The number of nitrogens with zero attached hydrogens (tertiary/aromatic N) is 1. The van der Waals surface area contributed by atoms with Crippen LogP contribution in [0.2, 0.25) is 0 Å².